The number of benzene rings is 2. The number of carbonyl (C=O) groups is 2. The molecule has 2 heterocycles. The smallest absolute Gasteiger partial charge is 0.263 e. The van der Waals surface area contributed by atoms with Crippen LogP contribution in [0.5, 0.6) is 0 Å². The Morgan fingerprint density at radius 2 is 1.92 bits per heavy atom. The molecule has 0 atom stereocenters. The number of fused-ring (bicyclic) bond motifs is 1. The Labute approximate surface area is 212 Å². The Balaban J connectivity index is 1.93. The molecule has 1 N–H and O–H groups in total. The Hall–Kier alpha value is -4.35. The van der Waals surface area contributed by atoms with Crippen LogP contribution in [0.4, 0.5) is 0 Å². The topological polar surface area (TPSA) is 118 Å². The van der Waals surface area contributed by atoms with E-state index in [1.807, 2.05) is 20.8 Å². The summed E-state index contributed by atoms with van der Waals surface area (Å²) >= 11 is 6.15. The third-order valence-corrected chi connectivity index (χ3v) is 5.48. The first-order chi connectivity index (χ1) is 17.1. The number of pyridine rings is 1. The Morgan fingerprint density at radius 1 is 1.14 bits per heavy atom. The van der Waals surface area contributed by atoms with Crippen LogP contribution < -0.4 is 10.9 Å². The van der Waals surface area contributed by atoms with Crippen molar-refractivity contribution >= 4 is 34.8 Å². The molecule has 8 nitrogen and oxygen atoms in total. The maximum Gasteiger partial charge on any atom is 0.263 e. The molecule has 180 valence electrons. The summed E-state index contributed by atoms with van der Waals surface area (Å²) in [5.74, 6) is -0.141. The molecular weight excluding hydrogens is 478 g/mol. The van der Waals surface area contributed by atoms with E-state index in [1.165, 1.54) is 10.6 Å². The standard InChI is InChI=1S/C27H22ClN5O3/c1-27(2,3)32-23(35)14-33-25(18-6-4-5-16(7-18)12-29)31-24-22(26(33)36)11-20(13-30-24)19-8-17(15-34)9-21(28)10-19/h4-11,13,15H,14H2,1-3H3,(H,32,35). The fourth-order valence-electron chi connectivity index (χ4n) is 3.81. The van der Waals surface area contributed by atoms with Gasteiger partial charge in [-0.25, -0.2) is 9.97 Å². The third-order valence-electron chi connectivity index (χ3n) is 5.27. The quantitative estimate of drug-likeness (QED) is 0.407. The second-order valence-corrected chi connectivity index (χ2v) is 9.74. The molecule has 0 unspecified atom stereocenters. The average molecular weight is 500 g/mol. The van der Waals surface area contributed by atoms with Gasteiger partial charge in [0.2, 0.25) is 5.91 Å². The monoisotopic (exact) mass is 499 g/mol. The number of aldehydes is 1. The van der Waals surface area contributed by atoms with Crippen molar-refractivity contribution < 1.29 is 9.59 Å². The summed E-state index contributed by atoms with van der Waals surface area (Å²) in [7, 11) is 0. The van der Waals surface area contributed by atoms with Crippen molar-refractivity contribution in [3.63, 3.8) is 0 Å². The highest BCUT2D eigenvalue weighted by Crippen LogP contribution is 2.26. The van der Waals surface area contributed by atoms with Crippen molar-refractivity contribution in [3.8, 4) is 28.6 Å². The fourth-order valence-corrected chi connectivity index (χ4v) is 4.05. The molecule has 0 saturated carbocycles. The van der Waals surface area contributed by atoms with Crippen LogP contribution in [0, 0.1) is 11.3 Å². The second-order valence-electron chi connectivity index (χ2n) is 9.30. The molecule has 0 bridgehead atoms. The molecule has 2 aromatic heterocycles. The highest BCUT2D eigenvalue weighted by Gasteiger charge is 2.20. The normalized spacial score (nSPS) is 11.2. The highest BCUT2D eigenvalue weighted by molar-refractivity contribution is 6.31. The van der Waals surface area contributed by atoms with Crippen molar-refractivity contribution in [1.82, 2.24) is 19.9 Å². The Morgan fingerprint density at radius 3 is 2.61 bits per heavy atom. The van der Waals surface area contributed by atoms with Gasteiger partial charge < -0.3 is 5.32 Å². The second kappa shape index (κ2) is 9.72. The number of nitriles is 1. The van der Waals surface area contributed by atoms with Gasteiger partial charge in [0.1, 0.15) is 18.7 Å². The molecule has 0 fully saturated rings. The van der Waals surface area contributed by atoms with Crippen LogP contribution in [0.3, 0.4) is 0 Å². The number of carbonyl (C=O) groups excluding carboxylic acids is 2. The molecule has 4 aromatic rings. The zero-order valence-corrected chi connectivity index (χ0v) is 20.6. The molecule has 1 amide bonds. The van der Waals surface area contributed by atoms with Gasteiger partial charge in [-0.1, -0.05) is 23.7 Å². The predicted molar refractivity (Wildman–Crippen MR) is 138 cm³/mol. The number of halogens is 1. The molecule has 0 aliphatic heterocycles. The number of rotatable bonds is 5. The molecule has 0 spiro atoms. The van der Waals surface area contributed by atoms with E-state index < -0.39 is 11.1 Å². The van der Waals surface area contributed by atoms with Crippen molar-refractivity contribution in [1.29, 1.82) is 5.26 Å². The maximum atomic E-state index is 13.7. The van der Waals surface area contributed by atoms with E-state index in [4.69, 9.17) is 11.6 Å². The molecule has 0 aliphatic carbocycles. The van der Waals surface area contributed by atoms with Gasteiger partial charge in [-0.05, 0) is 62.7 Å². The van der Waals surface area contributed by atoms with Crippen LogP contribution in [-0.4, -0.2) is 32.3 Å². The van der Waals surface area contributed by atoms with Gasteiger partial charge in [0.25, 0.3) is 5.56 Å². The van der Waals surface area contributed by atoms with Crippen molar-refractivity contribution in [2.75, 3.05) is 0 Å². The third kappa shape index (κ3) is 5.32. The first-order valence-electron chi connectivity index (χ1n) is 11.1. The minimum atomic E-state index is -0.497. The maximum absolute atomic E-state index is 13.7. The van der Waals surface area contributed by atoms with Gasteiger partial charge in [0, 0.05) is 33.4 Å². The van der Waals surface area contributed by atoms with E-state index in [0.29, 0.717) is 39.1 Å². The zero-order chi connectivity index (χ0) is 26.0. The largest absolute Gasteiger partial charge is 0.350 e. The van der Waals surface area contributed by atoms with Gasteiger partial charge in [-0.15, -0.1) is 0 Å². The molecular formula is C27H22ClN5O3. The molecule has 0 saturated heterocycles. The first-order valence-corrected chi connectivity index (χ1v) is 11.4. The average Bonchev–Trinajstić information content (AvgIpc) is 2.84. The summed E-state index contributed by atoms with van der Waals surface area (Å²) in [5.41, 5.74) is 1.69. The van der Waals surface area contributed by atoms with Gasteiger partial charge in [-0.2, -0.15) is 5.26 Å². The van der Waals surface area contributed by atoms with Gasteiger partial charge in [0.05, 0.1) is 17.0 Å². The summed E-state index contributed by atoms with van der Waals surface area (Å²) in [6, 6.07) is 15.2. The lowest BCUT2D eigenvalue weighted by Crippen LogP contribution is -2.43. The minimum absolute atomic E-state index is 0.186. The molecule has 0 radical (unpaired) electrons. The lowest BCUT2D eigenvalue weighted by atomic mass is 10.0. The van der Waals surface area contributed by atoms with Crippen molar-refractivity contribution in [2.45, 2.75) is 32.9 Å². The van der Waals surface area contributed by atoms with Crippen molar-refractivity contribution in [3.05, 3.63) is 81.2 Å². The molecule has 0 aliphatic rings. The van der Waals surface area contributed by atoms with E-state index in [1.54, 1.807) is 48.7 Å². The van der Waals surface area contributed by atoms with Crippen LogP contribution in [0.1, 0.15) is 36.7 Å². The summed E-state index contributed by atoms with van der Waals surface area (Å²) in [6.07, 6.45) is 2.23. The zero-order valence-electron chi connectivity index (χ0n) is 19.9. The predicted octanol–water partition coefficient (Wildman–Crippen LogP) is 4.38. The Bertz CT molecular complexity index is 1610. The molecule has 4 rings (SSSR count). The van der Waals surface area contributed by atoms with E-state index >= 15 is 0 Å². The van der Waals surface area contributed by atoms with E-state index in [0.717, 1.165) is 0 Å². The molecule has 36 heavy (non-hydrogen) atoms. The highest BCUT2D eigenvalue weighted by atomic mass is 35.5. The van der Waals surface area contributed by atoms with Crippen LogP contribution in [-0.2, 0) is 11.3 Å². The van der Waals surface area contributed by atoms with Crippen LogP contribution in [0.25, 0.3) is 33.5 Å². The summed E-state index contributed by atoms with van der Waals surface area (Å²) in [6.45, 7) is 5.26. The number of amides is 1. The summed E-state index contributed by atoms with van der Waals surface area (Å²) < 4.78 is 1.28. The summed E-state index contributed by atoms with van der Waals surface area (Å²) in [4.78, 5) is 46.8. The van der Waals surface area contributed by atoms with Crippen molar-refractivity contribution in [2.24, 2.45) is 0 Å². The fraction of sp³-hybridized carbons (Fsp3) is 0.185. The van der Waals surface area contributed by atoms with Crippen LogP contribution in [0.15, 0.2) is 59.5 Å². The first kappa shape index (κ1) is 24.8. The SMILES string of the molecule is CC(C)(C)NC(=O)Cn1c(-c2cccc(C#N)c2)nc2ncc(-c3cc(Cl)cc(C=O)c3)cc2c1=O. The molecule has 2 aromatic carbocycles. The number of hydrogen-bond acceptors (Lipinski definition) is 6. The number of nitrogens with zero attached hydrogens (tertiary/aromatic N) is 4. The van der Waals surface area contributed by atoms with Crippen LogP contribution in [0.2, 0.25) is 5.02 Å². The lowest BCUT2D eigenvalue weighted by Gasteiger charge is -2.21. The van der Waals surface area contributed by atoms with Gasteiger partial charge in [-0.3, -0.25) is 19.0 Å². The number of nitrogens with one attached hydrogen (secondary N) is 1. The van der Waals surface area contributed by atoms with E-state index in [-0.39, 0.29) is 29.3 Å². The van der Waals surface area contributed by atoms with E-state index in [2.05, 4.69) is 21.4 Å². The molecule has 9 heteroatoms. The van der Waals surface area contributed by atoms with Crippen LogP contribution >= 0.6 is 11.6 Å². The number of aromatic nitrogens is 3. The summed E-state index contributed by atoms with van der Waals surface area (Å²) in [5, 5.41) is 12.8. The Kier molecular flexibility index (Phi) is 6.69. The van der Waals surface area contributed by atoms with E-state index in [9.17, 15) is 19.6 Å². The minimum Gasteiger partial charge on any atom is -0.350 e. The van der Waals surface area contributed by atoms with Gasteiger partial charge >= 0.3 is 0 Å². The lowest BCUT2D eigenvalue weighted by molar-refractivity contribution is -0.123. The number of hydrogen-bond donors (Lipinski definition) is 1. The van der Waals surface area contributed by atoms with Gasteiger partial charge in [0.15, 0.2) is 5.65 Å².